The summed E-state index contributed by atoms with van der Waals surface area (Å²) >= 11 is 0. The number of halogens is 1. The van der Waals surface area contributed by atoms with Crippen LogP contribution in [0, 0.1) is 10.2 Å². The summed E-state index contributed by atoms with van der Waals surface area (Å²) in [5.74, 6) is 0. The number of pyridine rings is 2. The van der Waals surface area contributed by atoms with E-state index in [0.717, 1.165) is 33.6 Å². The van der Waals surface area contributed by atoms with E-state index in [1.165, 1.54) is 0 Å². The van der Waals surface area contributed by atoms with Crippen molar-refractivity contribution in [3.05, 3.63) is 138 Å². The Morgan fingerprint density at radius 1 is 0.528 bits per heavy atom. The summed E-state index contributed by atoms with van der Waals surface area (Å²) in [4.78, 5) is 12.9. The Balaban J connectivity index is 0.000000556. The number of nitrogens with zero attached hydrogens (tertiary/aromatic N) is 2. The van der Waals surface area contributed by atoms with Crippen LogP contribution in [0.25, 0.3) is 33.6 Å². The lowest BCUT2D eigenvalue weighted by atomic mass is 9.99. The normalized spacial score (nSPS) is 10.9. The SMILES string of the molecule is O=c1ccccn1-[n+]1c(-c2ccccc2)cc(-c2ccccc2)cc1-c1ccccc1.[O-][Cl+3]([O-])([O-])[O-]. The van der Waals surface area contributed by atoms with Crippen molar-refractivity contribution in [3.63, 3.8) is 0 Å². The molecule has 0 radical (unpaired) electrons. The van der Waals surface area contributed by atoms with Gasteiger partial charge in [-0.15, -0.1) is 10.2 Å². The Morgan fingerprint density at radius 2 is 0.917 bits per heavy atom. The second-order valence-corrected chi connectivity index (χ2v) is 8.44. The molecule has 0 aliphatic rings. The molecule has 0 bridgehead atoms. The Morgan fingerprint density at radius 3 is 1.33 bits per heavy atom. The quantitative estimate of drug-likeness (QED) is 0.336. The maximum Gasteiger partial charge on any atom is 0.306 e. The zero-order valence-corrected chi connectivity index (χ0v) is 19.7. The molecule has 0 saturated heterocycles. The fraction of sp³-hybridized carbons (Fsp3) is 0. The third-order valence-electron chi connectivity index (χ3n) is 5.31. The standard InChI is InChI=1S/C28H21N2O.ClHO4/c31-28-18-10-11-19-29(28)30-26(23-14-6-2-7-15-23)20-25(22-12-4-1-5-13-22)21-27(30)24-16-8-3-9-17-24;2-1(3,4)5/h1-21H;(H,2,3,4,5)/q+1;/p-1. The highest BCUT2D eigenvalue weighted by Gasteiger charge is 2.25. The molecule has 0 unspecified atom stereocenters. The van der Waals surface area contributed by atoms with Crippen LogP contribution in [0.1, 0.15) is 0 Å². The predicted molar refractivity (Wildman–Crippen MR) is 124 cm³/mol. The lowest BCUT2D eigenvalue weighted by Crippen LogP contribution is -2.68. The first-order valence-corrected chi connectivity index (χ1v) is 12.1. The minimum absolute atomic E-state index is 0.0886. The molecule has 0 saturated carbocycles. The summed E-state index contributed by atoms with van der Waals surface area (Å²) in [7, 11) is -4.94. The molecular formula is C28H21ClN2O5. The van der Waals surface area contributed by atoms with Crippen LogP contribution in [0.15, 0.2) is 132 Å². The summed E-state index contributed by atoms with van der Waals surface area (Å²) in [6, 6.07) is 40.2. The third-order valence-corrected chi connectivity index (χ3v) is 5.31. The summed E-state index contributed by atoms with van der Waals surface area (Å²) in [6.45, 7) is 0. The van der Waals surface area contributed by atoms with E-state index in [1.54, 1.807) is 16.8 Å². The molecule has 0 fully saturated rings. The van der Waals surface area contributed by atoms with Crippen LogP contribution in [0.3, 0.4) is 0 Å². The van der Waals surface area contributed by atoms with Crippen LogP contribution in [-0.4, -0.2) is 4.68 Å². The van der Waals surface area contributed by atoms with E-state index in [9.17, 15) is 4.79 Å². The van der Waals surface area contributed by atoms with Crippen molar-refractivity contribution in [2.75, 3.05) is 0 Å². The first-order chi connectivity index (χ1) is 17.3. The first-order valence-electron chi connectivity index (χ1n) is 10.9. The molecule has 7 nitrogen and oxygen atoms in total. The molecule has 8 heteroatoms. The number of benzene rings is 3. The number of hydrogen-bond donors (Lipinski definition) is 0. The van der Waals surface area contributed by atoms with Crippen molar-refractivity contribution < 1.29 is 33.6 Å². The van der Waals surface area contributed by atoms with Gasteiger partial charge >= 0.3 is 5.56 Å². The topological polar surface area (TPSA) is 118 Å². The number of rotatable bonds is 4. The highest BCUT2D eigenvalue weighted by Crippen LogP contribution is 2.29. The molecule has 2 aromatic heterocycles. The molecule has 0 aliphatic heterocycles. The van der Waals surface area contributed by atoms with Crippen LogP contribution < -0.4 is 28.9 Å². The van der Waals surface area contributed by atoms with Gasteiger partial charge in [-0.3, -0.25) is 4.79 Å². The molecular weight excluding hydrogens is 480 g/mol. The van der Waals surface area contributed by atoms with Gasteiger partial charge < -0.3 is 0 Å². The van der Waals surface area contributed by atoms with Crippen molar-refractivity contribution in [2.24, 2.45) is 0 Å². The molecule has 0 N–H and O–H groups in total. The predicted octanol–water partition coefficient (Wildman–Crippen LogP) is 0.692. The van der Waals surface area contributed by atoms with Crippen molar-refractivity contribution in [3.8, 4) is 33.6 Å². The van der Waals surface area contributed by atoms with Crippen LogP contribution in [-0.2, 0) is 0 Å². The second-order valence-electron chi connectivity index (χ2n) is 7.69. The highest BCUT2D eigenvalue weighted by atomic mass is 35.7. The van der Waals surface area contributed by atoms with Gasteiger partial charge in [0.2, 0.25) is 11.4 Å². The molecule has 0 amide bonds. The highest BCUT2D eigenvalue weighted by molar-refractivity contribution is 5.73. The van der Waals surface area contributed by atoms with Gasteiger partial charge in [-0.05, 0) is 41.5 Å². The zero-order valence-electron chi connectivity index (χ0n) is 18.9. The summed E-state index contributed by atoms with van der Waals surface area (Å²) in [6.07, 6.45) is 1.81. The second kappa shape index (κ2) is 11.1. The van der Waals surface area contributed by atoms with Crippen molar-refractivity contribution >= 4 is 0 Å². The van der Waals surface area contributed by atoms with E-state index in [-0.39, 0.29) is 5.56 Å². The molecule has 3 aromatic carbocycles. The fourth-order valence-corrected chi connectivity index (χ4v) is 3.83. The van der Waals surface area contributed by atoms with Crippen molar-refractivity contribution in [1.29, 1.82) is 0 Å². The van der Waals surface area contributed by atoms with Crippen LogP contribution in [0.2, 0.25) is 0 Å². The van der Waals surface area contributed by atoms with Crippen LogP contribution in [0.4, 0.5) is 0 Å². The molecule has 0 spiro atoms. The van der Waals surface area contributed by atoms with E-state index in [4.69, 9.17) is 18.6 Å². The van der Waals surface area contributed by atoms with Gasteiger partial charge in [0.15, 0.2) is 0 Å². The molecule has 0 aliphatic carbocycles. The van der Waals surface area contributed by atoms with E-state index < -0.39 is 10.2 Å². The molecule has 0 atom stereocenters. The lowest BCUT2D eigenvalue weighted by Gasteiger charge is -2.17. The minimum Gasteiger partial charge on any atom is -0.263 e. The van der Waals surface area contributed by atoms with Gasteiger partial charge in [0.05, 0.1) is 6.20 Å². The maximum atomic E-state index is 12.9. The largest absolute Gasteiger partial charge is 0.306 e. The van der Waals surface area contributed by atoms with Crippen molar-refractivity contribution in [1.82, 2.24) is 4.68 Å². The first kappa shape index (κ1) is 25.0. The fourth-order valence-electron chi connectivity index (χ4n) is 3.83. The van der Waals surface area contributed by atoms with Gasteiger partial charge in [0, 0.05) is 29.3 Å². The van der Waals surface area contributed by atoms with Crippen molar-refractivity contribution in [2.45, 2.75) is 0 Å². The molecule has 36 heavy (non-hydrogen) atoms. The summed E-state index contributed by atoms with van der Waals surface area (Å²) in [5.41, 5.74) is 6.09. The molecule has 5 rings (SSSR count). The van der Waals surface area contributed by atoms with E-state index >= 15 is 0 Å². The average Bonchev–Trinajstić information content (AvgIpc) is 2.89. The summed E-state index contributed by atoms with van der Waals surface area (Å²) < 4.78 is 37.6. The number of aromatic nitrogens is 2. The molecule has 2 heterocycles. The average molecular weight is 501 g/mol. The summed E-state index contributed by atoms with van der Waals surface area (Å²) in [5, 5.41) is 0. The molecule has 5 aromatic rings. The van der Waals surface area contributed by atoms with Gasteiger partial charge in [-0.2, -0.15) is 0 Å². The van der Waals surface area contributed by atoms with Crippen LogP contribution in [0.5, 0.6) is 0 Å². The smallest absolute Gasteiger partial charge is 0.263 e. The van der Waals surface area contributed by atoms with Gasteiger partial charge in [-0.1, -0.05) is 82.1 Å². The van der Waals surface area contributed by atoms with E-state index in [2.05, 4.69) is 48.5 Å². The van der Waals surface area contributed by atoms with Gasteiger partial charge in [0.1, 0.15) is 0 Å². The third kappa shape index (κ3) is 6.31. The Kier molecular flexibility index (Phi) is 7.70. The monoisotopic (exact) mass is 500 g/mol. The Hall–Kier alpha value is -4.11. The molecule has 180 valence electrons. The minimum atomic E-state index is -4.94. The zero-order chi connectivity index (χ0) is 25.5. The number of hydrogen-bond acceptors (Lipinski definition) is 5. The van der Waals surface area contributed by atoms with Crippen LogP contribution >= 0.6 is 0 Å². The maximum absolute atomic E-state index is 12.9. The van der Waals surface area contributed by atoms with E-state index in [0.29, 0.717) is 0 Å². The lowest BCUT2D eigenvalue weighted by molar-refractivity contribution is -2.00. The Bertz CT molecular complexity index is 1420. The van der Waals surface area contributed by atoms with E-state index in [1.807, 2.05) is 71.5 Å². The Labute approximate surface area is 209 Å². The van der Waals surface area contributed by atoms with Gasteiger partial charge in [0.25, 0.3) is 0 Å². The van der Waals surface area contributed by atoms with Gasteiger partial charge in [-0.25, -0.2) is 18.6 Å².